The molecule has 0 amide bonds. The maximum atomic E-state index is 10.8. The Kier molecular flexibility index (Phi) is 4.57. The van der Waals surface area contributed by atoms with Crippen molar-refractivity contribution < 1.29 is 4.92 Å². The zero-order chi connectivity index (χ0) is 14.7. The van der Waals surface area contributed by atoms with Gasteiger partial charge in [-0.3, -0.25) is 10.1 Å². The molecule has 0 unspecified atom stereocenters. The molecule has 1 aromatic carbocycles. The van der Waals surface area contributed by atoms with Crippen molar-refractivity contribution in [3.05, 3.63) is 50.0 Å². The van der Waals surface area contributed by atoms with Crippen molar-refractivity contribution in [2.24, 2.45) is 0 Å². The van der Waals surface area contributed by atoms with Gasteiger partial charge in [-0.25, -0.2) is 4.98 Å². The van der Waals surface area contributed by atoms with Crippen molar-refractivity contribution in [3.63, 3.8) is 0 Å². The average molecular weight is 312 g/mol. The second kappa shape index (κ2) is 6.19. The number of aryl methyl sites for hydroxylation is 1. The van der Waals surface area contributed by atoms with Crippen LogP contribution in [0.1, 0.15) is 16.1 Å². The Morgan fingerprint density at radius 3 is 2.80 bits per heavy atom. The molecule has 7 heteroatoms. The van der Waals surface area contributed by atoms with Crippen molar-refractivity contribution in [1.82, 2.24) is 4.98 Å². The number of hydrogen-bond donors (Lipinski definition) is 0. The van der Waals surface area contributed by atoms with Crippen LogP contribution in [0.25, 0.3) is 0 Å². The summed E-state index contributed by atoms with van der Waals surface area (Å²) in [6.07, 6.45) is 0. The average Bonchev–Trinajstić information content (AvgIpc) is 2.83. The van der Waals surface area contributed by atoms with E-state index in [9.17, 15) is 10.1 Å². The van der Waals surface area contributed by atoms with Crippen LogP contribution in [0.4, 0.5) is 11.4 Å². The highest BCUT2D eigenvalue weighted by molar-refractivity contribution is 7.09. The van der Waals surface area contributed by atoms with Crippen molar-refractivity contribution in [1.29, 1.82) is 0 Å². The first-order valence-corrected chi connectivity index (χ1v) is 7.37. The first-order chi connectivity index (χ1) is 9.52. The van der Waals surface area contributed by atoms with E-state index in [1.807, 2.05) is 24.4 Å². The molecule has 0 saturated carbocycles. The molecule has 0 aliphatic rings. The number of anilines is 1. The minimum Gasteiger partial charge on any atom is -0.369 e. The van der Waals surface area contributed by atoms with Crippen molar-refractivity contribution in [3.8, 4) is 0 Å². The lowest BCUT2D eigenvalue weighted by Crippen LogP contribution is -2.17. The predicted octanol–water partition coefficient (Wildman–Crippen LogP) is 3.73. The van der Waals surface area contributed by atoms with Crippen molar-refractivity contribution in [2.75, 3.05) is 11.9 Å². The van der Waals surface area contributed by atoms with Gasteiger partial charge in [0.25, 0.3) is 5.69 Å². The third kappa shape index (κ3) is 3.08. The molecule has 0 N–H and O–H groups in total. The van der Waals surface area contributed by atoms with E-state index in [0.29, 0.717) is 6.54 Å². The number of benzene rings is 1. The van der Waals surface area contributed by atoms with Gasteiger partial charge in [-0.2, -0.15) is 0 Å². The predicted molar refractivity (Wildman–Crippen MR) is 81.6 cm³/mol. The van der Waals surface area contributed by atoms with Gasteiger partial charge in [-0.1, -0.05) is 0 Å². The summed E-state index contributed by atoms with van der Waals surface area (Å²) in [5.74, 6) is 0.239. The smallest absolute Gasteiger partial charge is 0.269 e. The number of rotatable bonds is 5. The number of halogens is 1. The molecule has 0 spiro atoms. The number of thiazole rings is 1. The standard InChI is InChI=1S/C13H14ClN3O2S/c1-9-13(20-8-15-9)7-16(2)12-4-3-11(17(18)19)5-10(12)6-14/h3-5,8H,6-7H2,1-2H3. The normalized spacial score (nSPS) is 10.6. The van der Waals surface area contributed by atoms with E-state index in [1.54, 1.807) is 17.4 Å². The van der Waals surface area contributed by atoms with Crippen LogP contribution in [-0.4, -0.2) is 17.0 Å². The molecule has 0 saturated heterocycles. The number of hydrogen-bond acceptors (Lipinski definition) is 5. The largest absolute Gasteiger partial charge is 0.369 e. The molecule has 5 nitrogen and oxygen atoms in total. The lowest BCUT2D eigenvalue weighted by molar-refractivity contribution is -0.384. The highest BCUT2D eigenvalue weighted by Crippen LogP contribution is 2.28. The topological polar surface area (TPSA) is 59.3 Å². The maximum absolute atomic E-state index is 10.8. The van der Waals surface area contributed by atoms with Gasteiger partial charge in [0.1, 0.15) is 0 Å². The van der Waals surface area contributed by atoms with E-state index in [0.717, 1.165) is 16.9 Å². The fourth-order valence-corrected chi connectivity index (χ4v) is 2.99. The van der Waals surface area contributed by atoms with E-state index in [1.165, 1.54) is 17.0 Å². The van der Waals surface area contributed by atoms with Crippen LogP contribution >= 0.6 is 22.9 Å². The molecule has 0 aliphatic heterocycles. The number of alkyl halides is 1. The minimum absolute atomic E-state index is 0.0618. The molecule has 0 radical (unpaired) electrons. The quantitative estimate of drug-likeness (QED) is 0.479. The zero-order valence-corrected chi connectivity index (χ0v) is 12.7. The van der Waals surface area contributed by atoms with E-state index < -0.39 is 4.92 Å². The van der Waals surface area contributed by atoms with Crippen LogP contribution in [0.5, 0.6) is 0 Å². The van der Waals surface area contributed by atoms with Gasteiger partial charge in [0.15, 0.2) is 0 Å². The summed E-state index contributed by atoms with van der Waals surface area (Å²) in [5.41, 5.74) is 4.54. The molecule has 106 valence electrons. The van der Waals surface area contributed by atoms with Crippen molar-refractivity contribution in [2.45, 2.75) is 19.3 Å². The van der Waals surface area contributed by atoms with E-state index in [4.69, 9.17) is 11.6 Å². The molecule has 0 atom stereocenters. The molecular formula is C13H14ClN3O2S. The fraction of sp³-hybridized carbons (Fsp3) is 0.308. The van der Waals surface area contributed by atoms with Gasteiger partial charge in [0.2, 0.25) is 0 Å². The summed E-state index contributed by atoms with van der Waals surface area (Å²) in [5, 5.41) is 10.8. The summed E-state index contributed by atoms with van der Waals surface area (Å²) in [7, 11) is 1.94. The van der Waals surface area contributed by atoms with Crippen LogP contribution < -0.4 is 4.90 Å². The number of nitro groups is 1. The maximum Gasteiger partial charge on any atom is 0.269 e. The molecule has 0 bridgehead atoms. The van der Waals surface area contributed by atoms with Crippen LogP contribution in [-0.2, 0) is 12.4 Å². The molecule has 0 aliphatic carbocycles. The fourth-order valence-electron chi connectivity index (χ4n) is 1.94. The van der Waals surface area contributed by atoms with E-state index in [2.05, 4.69) is 4.98 Å². The highest BCUT2D eigenvalue weighted by Gasteiger charge is 2.14. The SMILES string of the molecule is Cc1ncsc1CN(C)c1ccc([N+](=O)[O-])cc1CCl. The third-order valence-corrected chi connectivity index (χ3v) is 4.26. The van der Waals surface area contributed by atoms with Gasteiger partial charge < -0.3 is 4.90 Å². The van der Waals surface area contributed by atoms with Crippen LogP contribution in [0.2, 0.25) is 0 Å². The molecule has 1 heterocycles. The monoisotopic (exact) mass is 311 g/mol. The second-order valence-electron chi connectivity index (χ2n) is 4.42. The van der Waals surface area contributed by atoms with Gasteiger partial charge in [-0.15, -0.1) is 22.9 Å². The molecule has 2 rings (SSSR count). The number of nitro benzene ring substituents is 1. The number of non-ortho nitro benzene ring substituents is 1. The Bertz CT molecular complexity index is 630. The van der Waals surface area contributed by atoms with Crippen LogP contribution in [0.3, 0.4) is 0 Å². The summed E-state index contributed by atoms with van der Waals surface area (Å²) in [4.78, 5) is 17.8. The highest BCUT2D eigenvalue weighted by atomic mass is 35.5. The Balaban J connectivity index is 2.27. The van der Waals surface area contributed by atoms with E-state index in [-0.39, 0.29) is 11.6 Å². The minimum atomic E-state index is -0.410. The lowest BCUT2D eigenvalue weighted by Gasteiger charge is -2.21. The Labute approximate surface area is 126 Å². The third-order valence-electron chi connectivity index (χ3n) is 3.05. The van der Waals surface area contributed by atoms with E-state index >= 15 is 0 Å². The van der Waals surface area contributed by atoms with Gasteiger partial charge in [0, 0.05) is 35.6 Å². The molecule has 0 fully saturated rings. The number of aromatic nitrogens is 1. The number of nitrogens with zero attached hydrogens (tertiary/aromatic N) is 3. The van der Waals surface area contributed by atoms with Crippen LogP contribution in [0.15, 0.2) is 23.7 Å². The summed E-state index contributed by atoms with van der Waals surface area (Å²) in [6.45, 7) is 2.68. The second-order valence-corrected chi connectivity index (χ2v) is 5.63. The molecule has 2 aromatic rings. The summed E-state index contributed by atoms with van der Waals surface area (Å²) in [6, 6.07) is 4.77. The summed E-state index contributed by atoms with van der Waals surface area (Å²) < 4.78 is 0. The summed E-state index contributed by atoms with van der Waals surface area (Å²) >= 11 is 7.51. The first kappa shape index (κ1) is 14.7. The Hall–Kier alpha value is -1.66. The molecular weight excluding hydrogens is 298 g/mol. The van der Waals surface area contributed by atoms with Gasteiger partial charge in [0.05, 0.1) is 22.7 Å². The van der Waals surface area contributed by atoms with Crippen LogP contribution in [0, 0.1) is 17.0 Å². The van der Waals surface area contributed by atoms with Crippen molar-refractivity contribution >= 4 is 34.3 Å². The lowest BCUT2D eigenvalue weighted by atomic mass is 10.1. The first-order valence-electron chi connectivity index (χ1n) is 5.96. The Morgan fingerprint density at radius 2 is 2.25 bits per heavy atom. The van der Waals surface area contributed by atoms with Gasteiger partial charge in [-0.05, 0) is 18.6 Å². The Morgan fingerprint density at radius 1 is 1.50 bits per heavy atom. The molecule has 20 heavy (non-hydrogen) atoms. The van der Waals surface area contributed by atoms with Gasteiger partial charge >= 0.3 is 0 Å². The molecule has 1 aromatic heterocycles. The zero-order valence-electron chi connectivity index (χ0n) is 11.2.